The van der Waals surface area contributed by atoms with Gasteiger partial charge in [0.1, 0.15) is 5.75 Å². The van der Waals surface area contributed by atoms with Crippen molar-refractivity contribution in [1.29, 1.82) is 0 Å². The van der Waals surface area contributed by atoms with E-state index in [9.17, 15) is 19.8 Å². The van der Waals surface area contributed by atoms with Gasteiger partial charge in [-0.3, -0.25) is 0 Å². The van der Waals surface area contributed by atoms with E-state index in [0.717, 1.165) is 0 Å². The highest BCUT2D eigenvalue weighted by atomic mass is 16.5. The maximum Gasteiger partial charge on any atom is 0.355 e. The lowest BCUT2D eigenvalue weighted by atomic mass is 10.1. The number of methoxy groups -OCH3 is 1. The average molecular weight is 336 g/mol. The second-order valence-electron chi connectivity index (χ2n) is 5.59. The highest BCUT2D eigenvalue weighted by Crippen LogP contribution is 2.34. The van der Waals surface area contributed by atoms with Crippen molar-refractivity contribution in [1.82, 2.24) is 9.97 Å². The van der Waals surface area contributed by atoms with Crippen LogP contribution in [0.3, 0.4) is 0 Å². The van der Waals surface area contributed by atoms with Crippen molar-refractivity contribution in [2.24, 2.45) is 0 Å². The van der Waals surface area contributed by atoms with Crippen LogP contribution in [0, 0.1) is 0 Å². The summed E-state index contributed by atoms with van der Waals surface area (Å²) in [6.45, 7) is 0. The van der Waals surface area contributed by atoms with Gasteiger partial charge in [0.05, 0.1) is 23.7 Å². The molecule has 0 radical (unpaired) electrons. The van der Waals surface area contributed by atoms with Gasteiger partial charge >= 0.3 is 11.9 Å². The number of aromatic nitrogens is 2. The number of carboxylic acids is 2. The number of nitrogens with one attached hydrogen (secondary N) is 1. The number of benzene rings is 2. The number of aromatic carboxylic acids is 2. The van der Waals surface area contributed by atoms with Crippen LogP contribution in [0.2, 0.25) is 0 Å². The van der Waals surface area contributed by atoms with E-state index in [4.69, 9.17) is 4.74 Å². The van der Waals surface area contributed by atoms with Crippen LogP contribution in [-0.2, 0) is 0 Å². The van der Waals surface area contributed by atoms with Gasteiger partial charge in [-0.05, 0) is 36.4 Å². The lowest BCUT2D eigenvalue weighted by molar-refractivity contribution is 0.0684. The number of aromatic amines is 1. The molecule has 25 heavy (non-hydrogen) atoms. The molecule has 3 N–H and O–H groups in total. The molecule has 0 fully saturated rings. The Bertz CT molecular complexity index is 1190. The van der Waals surface area contributed by atoms with E-state index in [-0.39, 0.29) is 11.3 Å². The number of hydrogen-bond donors (Lipinski definition) is 3. The quantitative estimate of drug-likeness (QED) is 0.529. The van der Waals surface area contributed by atoms with Crippen molar-refractivity contribution < 1.29 is 24.5 Å². The second kappa shape index (κ2) is 5.20. The molecule has 2 heterocycles. The topological polar surface area (TPSA) is 113 Å². The molecular weight excluding hydrogens is 324 g/mol. The largest absolute Gasteiger partial charge is 0.497 e. The summed E-state index contributed by atoms with van der Waals surface area (Å²) in [5, 5.41) is 20.4. The van der Waals surface area contributed by atoms with Crippen LogP contribution < -0.4 is 4.74 Å². The fourth-order valence-electron chi connectivity index (χ4n) is 3.04. The maximum absolute atomic E-state index is 11.7. The predicted octanol–water partition coefficient (Wildman–Crippen LogP) is 3.27. The standard InChI is InChI=1S/C18H12N2O5/c1-25-9-3-5-13-11(7-9)15-14(16(20-13)18(23)24)10-6-8(17(21)22)2-4-12(10)19-15/h2-7,19H,1H3,(H,21,22)(H,23,24). The van der Waals surface area contributed by atoms with E-state index in [1.54, 1.807) is 31.4 Å². The van der Waals surface area contributed by atoms with Gasteiger partial charge in [-0.2, -0.15) is 0 Å². The Labute approximate surface area is 140 Å². The molecule has 4 aromatic rings. The Kier molecular flexibility index (Phi) is 3.11. The molecule has 2 aromatic heterocycles. The Morgan fingerprint density at radius 3 is 2.52 bits per heavy atom. The van der Waals surface area contributed by atoms with Gasteiger partial charge in [0, 0.05) is 21.7 Å². The highest BCUT2D eigenvalue weighted by Gasteiger charge is 2.20. The van der Waals surface area contributed by atoms with Crippen molar-refractivity contribution in [3.63, 3.8) is 0 Å². The molecule has 0 aliphatic carbocycles. The van der Waals surface area contributed by atoms with Crippen LogP contribution >= 0.6 is 0 Å². The van der Waals surface area contributed by atoms with Crippen LogP contribution in [0.1, 0.15) is 20.8 Å². The summed E-state index contributed by atoms with van der Waals surface area (Å²) in [6.07, 6.45) is 0. The van der Waals surface area contributed by atoms with Gasteiger partial charge < -0.3 is 19.9 Å². The average Bonchev–Trinajstić information content (AvgIpc) is 2.99. The summed E-state index contributed by atoms with van der Waals surface area (Å²) in [7, 11) is 1.54. The Morgan fingerprint density at radius 2 is 1.84 bits per heavy atom. The summed E-state index contributed by atoms with van der Waals surface area (Å²) in [5.41, 5.74) is 1.69. The molecule has 0 aliphatic rings. The van der Waals surface area contributed by atoms with Gasteiger partial charge in [0.25, 0.3) is 0 Å². The number of rotatable bonds is 3. The molecule has 0 saturated carbocycles. The number of carboxylic acid groups (broad SMARTS) is 2. The number of ether oxygens (including phenoxy) is 1. The number of fused-ring (bicyclic) bond motifs is 5. The zero-order valence-corrected chi connectivity index (χ0v) is 13.0. The van der Waals surface area contributed by atoms with E-state index in [1.165, 1.54) is 12.1 Å². The SMILES string of the molecule is COc1ccc2nc(C(=O)O)c3c4cc(C(=O)O)ccc4[nH]c3c2c1. The van der Waals surface area contributed by atoms with E-state index < -0.39 is 11.9 Å². The maximum atomic E-state index is 11.7. The molecule has 0 unspecified atom stereocenters. The molecule has 4 rings (SSSR count). The number of pyridine rings is 1. The predicted molar refractivity (Wildman–Crippen MR) is 91.6 cm³/mol. The molecule has 0 aliphatic heterocycles. The molecule has 0 atom stereocenters. The normalized spacial score (nSPS) is 11.2. The number of hydrogen-bond acceptors (Lipinski definition) is 4. The number of carbonyl (C=O) groups is 2. The van der Waals surface area contributed by atoms with Gasteiger partial charge in [-0.1, -0.05) is 0 Å². The van der Waals surface area contributed by atoms with Crippen molar-refractivity contribution >= 4 is 44.6 Å². The van der Waals surface area contributed by atoms with Crippen LogP contribution in [0.5, 0.6) is 5.75 Å². The van der Waals surface area contributed by atoms with Crippen LogP contribution in [0.25, 0.3) is 32.7 Å². The van der Waals surface area contributed by atoms with E-state index >= 15 is 0 Å². The summed E-state index contributed by atoms with van der Waals surface area (Å²) in [4.78, 5) is 30.4. The lowest BCUT2D eigenvalue weighted by Crippen LogP contribution is -2.02. The third kappa shape index (κ3) is 2.17. The second-order valence-corrected chi connectivity index (χ2v) is 5.59. The van der Waals surface area contributed by atoms with Crippen LogP contribution in [0.15, 0.2) is 36.4 Å². The van der Waals surface area contributed by atoms with Gasteiger partial charge in [-0.15, -0.1) is 0 Å². The first kappa shape index (κ1) is 14.9. The minimum atomic E-state index is -1.18. The van der Waals surface area contributed by atoms with Gasteiger partial charge in [0.2, 0.25) is 0 Å². The number of nitrogens with zero attached hydrogens (tertiary/aromatic N) is 1. The Hall–Kier alpha value is -3.61. The van der Waals surface area contributed by atoms with Crippen molar-refractivity contribution in [3.05, 3.63) is 47.7 Å². The summed E-state index contributed by atoms with van der Waals surface area (Å²) in [5.74, 6) is -1.64. The summed E-state index contributed by atoms with van der Waals surface area (Å²) in [6, 6.07) is 9.71. The highest BCUT2D eigenvalue weighted by molar-refractivity contribution is 6.22. The molecule has 124 valence electrons. The van der Waals surface area contributed by atoms with E-state index in [0.29, 0.717) is 38.5 Å². The fraction of sp³-hybridized carbons (Fsp3) is 0.0556. The first-order valence-corrected chi connectivity index (χ1v) is 7.39. The van der Waals surface area contributed by atoms with E-state index in [1.807, 2.05) is 0 Å². The minimum absolute atomic E-state index is 0.0791. The van der Waals surface area contributed by atoms with Crippen LogP contribution in [0.4, 0.5) is 0 Å². The first-order valence-electron chi connectivity index (χ1n) is 7.39. The molecule has 0 spiro atoms. The molecule has 7 nitrogen and oxygen atoms in total. The zero-order chi connectivity index (χ0) is 17.7. The molecule has 7 heteroatoms. The minimum Gasteiger partial charge on any atom is -0.497 e. The van der Waals surface area contributed by atoms with E-state index in [2.05, 4.69) is 9.97 Å². The van der Waals surface area contributed by atoms with Gasteiger partial charge in [-0.25, -0.2) is 14.6 Å². The molecule has 2 aromatic carbocycles. The summed E-state index contributed by atoms with van der Waals surface area (Å²) >= 11 is 0. The molecule has 0 saturated heterocycles. The van der Waals surface area contributed by atoms with Crippen molar-refractivity contribution in [2.45, 2.75) is 0 Å². The number of H-pyrrole nitrogens is 1. The first-order chi connectivity index (χ1) is 12.0. The van der Waals surface area contributed by atoms with Crippen LogP contribution in [-0.4, -0.2) is 39.2 Å². The summed E-state index contributed by atoms with van der Waals surface area (Å²) < 4.78 is 5.24. The Balaban J connectivity index is 2.23. The molecule has 0 amide bonds. The molecular formula is C18H12N2O5. The fourth-order valence-corrected chi connectivity index (χ4v) is 3.04. The smallest absolute Gasteiger partial charge is 0.355 e. The third-order valence-corrected chi connectivity index (χ3v) is 4.19. The monoisotopic (exact) mass is 336 g/mol. The van der Waals surface area contributed by atoms with Crippen molar-refractivity contribution in [2.75, 3.05) is 7.11 Å². The molecule has 0 bridgehead atoms. The third-order valence-electron chi connectivity index (χ3n) is 4.19. The lowest BCUT2D eigenvalue weighted by Gasteiger charge is -2.06. The van der Waals surface area contributed by atoms with Crippen molar-refractivity contribution in [3.8, 4) is 5.75 Å². The Morgan fingerprint density at radius 1 is 1.04 bits per heavy atom. The van der Waals surface area contributed by atoms with Gasteiger partial charge in [0.15, 0.2) is 5.69 Å². The zero-order valence-electron chi connectivity index (χ0n) is 13.0.